The molecule has 2 aromatic rings. The third-order valence-corrected chi connectivity index (χ3v) is 7.32. The summed E-state index contributed by atoms with van der Waals surface area (Å²) in [5, 5.41) is 6.89. The van der Waals surface area contributed by atoms with Crippen LogP contribution in [-0.2, 0) is 14.4 Å². The Hall–Kier alpha value is -3.09. The predicted octanol–water partition coefficient (Wildman–Crippen LogP) is 5.71. The van der Waals surface area contributed by atoms with Gasteiger partial charge in [0.2, 0.25) is 0 Å². The Kier molecular flexibility index (Phi) is 6.67. The number of hydrogen-bond acceptors (Lipinski definition) is 5. The Morgan fingerprint density at radius 3 is 2.11 bits per heavy atom. The van der Waals surface area contributed by atoms with Gasteiger partial charge in [-0.05, 0) is 61.6 Å². The number of carbonyl (C=O) groups excluding carboxylic acids is 3. The maximum atomic E-state index is 12.9. The molecule has 1 aliphatic heterocycles. The van der Waals surface area contributed by atoms with Crippen LogP contribution in [0.1, 0.15) is 50.0 Å². The molecule has 180 valence electrons. The van der Waals surface area contributed by atoms with Crippen molar-refractivity contribution in [3.63, 3.8) is 0 Å². The monoisotopic (exact) mass is 510 g/mol. The van der Waals surface area contributed by atoms with Crippen LogP contribution in [0.5, 0.6) is 5.75 Å². The summed E-state index contributed by atoms with van der Waals surface area (Å²) in [7, 11) is 0. The Labute approximate surface area is 213 Å². The Morgan fingerprint density at radius 2 is 1.51 bits per heavy atom. The van der Waals surface area contributed by atoms with Crippen molar-refractivity contribution in [3.05, 3.63) is 80.6 Å². The van der Waals surface area contributed by atoms with Gasteiger partial charge in [-0.15, -0.1) is 0 Å². The third-order valence-electron chi connectivity index (χ3n) is 6.58. The smallest absolute Gasteiger partial charge is 0.262 e. The van der Waals surface area contributed by atoms with Gasteiger partial charge in [-0.25, -0.2) is 0 Å². The largest absolute Gasteiger partial charge is 0.484 e. The molecule has 1 amide bonds. The van der Waals surface area contributed by atoms with Crippen molar-refractivity contribution in [2.24, 2.45) is 0 Å². The number of benzene rings is 2. The first-order chi connectivity index (χ1) is 16.9. The molecule has 0 aromatic heterocycles. The van der Waals surface area contributed by atoms with Gasteiger partial charge in [0.25, 0.3) is 5.91 Å². The molecule has 0 saturated carbocycles. The molecule has 8 heteroatoms. The number of nitrogens with one attached hydrogen (secondary N) is 2. The molecule has 2 aliphatic carbocycles. The molecule has 0 bridgehead atoms. The normalized spacial score (nSPS) is 18.1. The SMILES string of the molecule is O=C(COc1ccc(C2C3=C(CCCC3=O)NC3=C2C(=O)CCC3)cc1)Nc1ccc(Cl)c(Cl)c1. The van der Waals surface area contributed by atoms with Crippen LogP contribution in [0.2, 0.25) is 10.0 Å². The second-order valence-corrected chi connectivity index (χ2v) is 9.75. The van der Waals surface area contributed by atoms with E-state index in [9.17, 15) is 14.4 Å². The van der Waals surface area contributed by atoms with Crippen molar-refractivity contribution < 1.29 is 19.1 Å². The highest BCUT2D eigenvalue weighted by molar-refractivity contribution is 6.42. The van der Waals surface area contributed by atoms with Gasteiger partial charge in [-0.2, -0.15) is 0 Å². The standard InChI is InChI=1S/C27H24Cl2N2O4/c28-18-12-9-16(13-19(18)29)30-24(34)14-35-17-10-7-15(8-11-17)25-26-20(3-1-5-22(26)32)31-21-4-2-6-23(33)27(21)25/h7-13,25,31H,1-6,14H2,(H,30,34). The van der Waals surface area contributed by atoms with E-state index < -0.39 is 0 Å². The molecule has 0 unspecified atom stereocenters. The first kappa shape index (κ1) is 23.6. The van der Waals surface area contributed by atoms with E-state index >= 15 is 0 Å². The first-order valence-electron chi connectivity index (χ1n) is 11.7. The van der Waals surface area contributed by atoms with Crippen LogP contribution in [0.25, 0.3) is 0 Å². The van der Waals surface area contributed by atoms with Crippen molar-refractivity contribution in [1.29, 1.82) is 0 Å². The highest BCUT2D eigenvalue weighted by Gasteiger charge is 2.40. The summed E-state index contributed by atoms with van der Waals surface area (Å²) in [6, 6.07) is 12.1. The number of rotatable bonds is 5. The number of carbonyl (C=O) groups is 3. The fourth-order valence-electron chi connectivity index (χ4n) is 4.99. The number of dihydropyridines is 1. The van der Waals surface area contributed by atoms with E-state index in [4.69, 9.17) is 27.9 Å². The summed E-state index contributed by atoms with van der Waals surface area (Å²) in [6.07, 6.45) is 4.29. The van der Waals surface area contributed by atoms with Gasteiger partial charge in [-0.1, -0.05) is 35.3 Å². The minimum absolute atomic E-state index is 0.105. The quantitative estimate of drug-likeness (QED) is 0.537. The number of hydrogen-bond donors (Lipinski definition) is 2. The summed E-state index contributed by atoms with van der Waals surface area (Å²) < 4.78 is 5.65. The van der Waals surface area contributed by atoms with Crippen LogP contribution in [0.15, 0.2) is 65.0 Å². The summed E-state index contributed by atoms with van der Waals surface area (Å²) in [5.74, 6) is 0.0335. The van der Waals surface area contributed by atoms with Crippen LogP contribution in [0.3, 0.4) is 0 Å². The maximum Gasteiger partial charge on any atom is 0.262 e. The zero-order valence-electron chi connectivity index (χ0n) is 19.0. The van der Waals surface area contributed by atoms with Gasteiger partial charge >= 0.3 is 0 Å². The fourth-order valence-corrected chi connectivity index (χ4v) is 5.29. The summed E-state index contributed by atoms with van der Waals surface area (Å²) in [4.78, 5) is 38.1. The lowest BCUT2D eigenvalue weighted by Crippen LogP contribution is -2.36. The van der Waals surface area contributed by atoms with E-state index in [2.05, 4.69) is 10.6 Å². The van der Waals surface area contributed by atoms with E-state index in [1.165, 1.54) is 0 Å². The molecule has 0 fully saturated rings. The van der Waals surface area contributed by atoms with Gasteiger partial charge in [0.15, 0.2) is 18.2 Å². The van der Waals surface area contributed by atoms with Crippen molar-refractivity contribution in [2.75, 3.05) is 11.9 Å². The van der Waals surface area contributed by atoms with E-state index in [0.29, 0.717) is 34.3 Å². The molecule has 0 radical (unpaired) electrons. The van der Waals surface area contributed by atoms with Gasteiger partial charge in [0.1, 0.15) is 5.75 Å². The van der Waals surface area contributed by atoms with E-state index in [1.807, 2.05) is 12.1 Å². The van der Waals surface area contributed by atoms with Crippen molar-refractivity contribution in [3.8, 4) is 5.75 Å². The predicted molar refractivity (Wildman–Crippen MR) is 135 cm³/mol. The van der Waals surface area contributed by atoms with Crippen LogP contribution in [-0.4, -0.2) is 24.1 Å². The number of allylic oxidation sites excluding steroid dienone is 4. The van der Waals surface area contributed by atoms with Crippen LogP contribution in [0.4, 0.5) is 5.69 Å². The van der Waals surface area contributed by atoms with Gasteiger partial charge in [-0.3, -0.25) is 14.4 Å². The van der Waals surface area contributed by atoms with Crippen LogP contribution in [0, 0.1) is 0 Å². The minimum Gasteiger partial charge on any atom is -0.484 e. The molecule has 35 heavy (non-hydrogen) atoms. The molecular formula is C27H24Cl2N2O4. The molecule has 1 heterocycles. The number of ether oxygens (including phenoxy) is 1. The number of anilines is 1. The molecule has 0 spiro atoms. The maximum absolute atomic E-state index is 12.9. The second-order valence-electron chi connectivity index (χ2n) is 8.93. The lowest BCUT2D eigenvalue weighted by atomic mass is 9.71. The Morgan fingerprint density at radius 1 is 0.886 bits per heavy atom. The fraction of sp³-hybridized carbons (Fsp3) is 0.296. The molecule has 3 aliphatic rings. The molecule has 0 atom stereocenters. The Balaban J connectivity index is 1.32. The van der Waals surface area contributed by atoms with Gasteiger partial charge in [0.05, 0.1) is 10.0 Å². The number of amides is 1. The first-order valence-corrected chi connectivity index (χ1v) is 12.4. The van der Waals surface area contributed by atoms with Gasteiger partial charge in [0, 0.05) is 47.0 Å². The molecule has 6 nitrogen and oxygen atoms in total. The van der Waals surface area contributed by atoms with Crippen molar-refractivity contribution >= 4 is 46.4 Å². The topological polar surface area (TPSA) is 84.5 Å². The Bertz CT molecular complexity index is 1240. The van der Waals surface area contributed by atoms with Crippen LogP contribution < -0.4 is 15.4 Å². The highest BCUT2D eigenvalue weighted by Crippen LogP contribution is 2.45. The number of halogens is 2. The third kappa shape index (κ3) is 4.86. The lowest BCUT2D eigenvalue weighted by Gasteiger charge is -2.37. The number of Topliss-reactive ketones (excluding diaryl/α,β-unsaturated/α-hetero) is 2. The molecule has 2 N–H and O–H groups in total. The van der Waals surface area contributed by atoms with E-state index in [-0.39, 0.29) is 30.0 Å². The summed E-state index contributed by atoms with van der Waals surface area (Å²) in [5.41, 5.74) is 4.76. The molecular weight excluding hydrogens is 487 g/mol. The zero-order chi connectivity index (χ0) is 24.5. The van der Waals surface area contributed by atoms with Crippen molar-refractivity contribution in [2.45, 2.75) is 44.4 Å². The second kappa shape index (κ2) is 9.88. The van der Waals surface area contributed by atoms with E-state index in [0.717, 1.165) is 53.8 Å². The van der Waals surface area contributed by atoms with Crippen molar-refractivity contribution in [1.82, 2.24) is 5.32 Å². The van der Waals surface area contributed by atoms with Gasteiger partial charge < -0.3 is 15.4 Å². The summed E-state index contributed by atoms with van der Waals surface area (Å²) >= 11 is 11.9. The minimum atomic E-state index is -0.353. The lowest BCUT2D eigenvalue weighted by molar-refractivity contribution is -0.118. The molecule has 5 rings (SSSR count). The van der Waals surface area contributed by atoms with E-state index in [1.54, 1.807) is 30.3 Å². The summed E-state index contributed by atoms with van der Waals surface area (Å²) in [6.45, 7) is -0.186. The molecule has 0 saturated heterocycles. The molecule has 2 aromatic carbocycles. The average Bonchev–Trinajstić information content (AvgIpc) is 2.84. The number of ketones is 2. The highest BCUT2D eigenvalue weighted by atomic mass is 35.5. The van der Waals surface area contributed by atoms with Crippen LogP contribution >= 0.6 is 23.2 Å². The average molecular weight is 511 g/mol. The zero-order valence-corrected chi connectivity index (χ0v) is 20.5.